The zero-order valence-corrected chi connectivity index (χ0v) is 14.9. The number of aryl methyl sites for hydroxylation is 2. The smallest absolute Gasteiger partial charge is 0.282 e. The van der Waals surface area contributed by atoms with Crippen LogP contribution in [0, 0.1) is 13.8 Å². The number of hydrogen-bond donors (Lipinski definition) is 2. The fourth-order valence-electron chi connectivity index (χ4n) is 1.42. The van der Waals surface area contributed by atoms with Gasteiger partial charge in [-0.05, 0) is 38.1 Å². The third-order valence-electron chi connectivity index (χ3n) is 2.64. The summed E-state index contributed by atoms with van der Waals surface area (Å²) < 4.78 is 59.1. The normalized spacial score (nSPS) is 11.0. The Balaban J connectivity index is 0.000000403. The molecule has 0 atom stereocenters. The van der Waals surface area contributed by atoms with Gasteiger partial charge in [0, 0.05) is 16.5 Å². The molecule has 0 radical (unpaired) electrons. The van der Waals surface area contributed by atoms with Crippen molar-refractivity contribution in [1.82, 2.24) is 0 Å². The summed E-state index contributed by atoms with van der Waals surface area (Å²) in [4.78, 5) is -0.133. The molecule has 2 rings (SSSR count). The van der Waals surface area contributed by atoms with Crippen LogP contribution in [0.15, 0.2) is 58.3 Å². The van der Waals surface area contributed by atoms with Gasteiger partial charge in [0.2, 0.25) is 0 Å². The van der Waals surface area contributed by atoms with Crippen LogP contribution in [0.4, 0.5) is 0 Å². The number of hydrogen-bond acceptors (Lipinski definition) is 4. The molecule has 0 aromatic heterocycles. The third-order valence-corrected chi connectivity index (χ3v) is 4.37. The Morgan fingerprint density at radius 1 is 0.609 bits per heavy atom. The molecule has 0 fully saturated rings. The fourth-order valence-corrected chi connectivity index (χ4v) is 2.38. The van der Waals surface area contributed by atoms with Crippen molar-refractivity contribution in [3.05, 3.63) is 59.7 Å². The van der Waals surface area contributed by atoms with Gasteiger partial charge in [-0.25, -0.2) is 0 Å². The fraction of sp³-hybridized carbons (Fsp3) is 0.143. The molecule has 0 aliphatic heterocycles. The average Bonchev–Trinajstić information content (AvgIpc) is 2.38. The van der Waals surface area contributed by atoms with Crippen LogP contribution in [0.5, 0.6) is 0 Å². The Morgan fingerprint density at radius 2 is 0.826 bits per heavy atom. The standard InChI is InChI=1S/2C7H8O3S.Ni/c2*1-6-2-4-7(5-3-6)11(8,9)10;/h2*2-5H,1H3,(H,8,9,10);. The van der Waals surface area contributed by atoms with E-state index in [0.29, 0.717) is 0 Å². The van der Waals surface area contributed by atoms with E-state index >= 15 is 0 Å². The van der Waals surface area contributed by atoms with Gasteiger partial charge in [0.25, 0.3) is 20.2 Å². The van der Waals surface area contributed by atoms with Crippen molar-refractivity contribution in [2.75, 3.05) is 0 Å². The quantitative estimate of drug-likeness (QED) is 0.589. The first-order valence-corrected chi connectivity index (χ1v) is 8.96. The molecule has 0 spiro atoms. The van der Waals surface area contributed by atoms with E-state index in [0.717, 1.165) is 11.1 Å². The maximum atomic E-state index is 10.5. The Hall–Kier alpha value is -1.25. The topological polar surface area (TPSA) is 109 Å². The molecule has 0 bridgehead atoms. The first kappa shape index (κ1) is 21.8. The van der Waals surface area contributed by atoms with Gasteiger partial charge >= 0.3 is 0 Å². The van der Waals surface area contributed by atoms with Crippen molar-refractivity contribution in [1.29, 1.82) is 0 Å². The van der Waals surface area contributed by atoms with E-state index in [4.69, 9.17) is 9.11 Å². The molecule has 130 valence electrons. The Morgan fingerprint density at radius 3 is 1.00 bits per heavy atom. The maximum Gasteiger partial charge on any atom is 0.294 e. The molecule has 0 aliphatic rings. The summed E-state index contributed by atoms with van der Waals surface area (Å²) in [5.41, 5.74) is 1.91. The van der Waals surface area contributed by atoms with Crippen molar-refractivity contribution >= 4 is 20.2 Å². The number of benzene rings is 2. The van der Waals surface area contributed by atoms with Crippen LogP contribution >= 0.6 is 0 Å². The van der Waals surface area contributed by atoms with Gasteiger partial charge in [0.15, 0.2) is 0 Å². The minimum absolute atomic E-state index is 0. The van der Waals surface area contributed by atoms with E-state index in [1.54, 1.807) is 24.3 Å². The molecule has 9 heteroatoms. The molecule has 0 heterocycles. The monoisotopic (exact) mass is 402 g/mol. The van der Waals surface area contributed by atoms with Crippen LogP contribution < -0.4 is 0 Å². The SMILES string of the molecule is Cc1ccc(S(=O)(=O)O)cc1.Cc1ccc(S(=O)(=O)O)cc1.[Ni]. The summed E-state index contributed by atoms with van der Waals surface area (Å²) >= 11 is 0. The van der Waals surface area contributed by atoms with Gasteiger partial charge in [-0.2, -0.15) is 16.8 Å². The maximum absolute atomic E-state index is 10.5. The summed E-state index contributed by atoms with van der Waals surface area (Å²) in [7, 11) is -8.04. The van der Waals surface area contributed by atoms with Gasteiger partial charge in [-0.3, -0.25) is 9.11 Å². The Kier molecular flexibility index (Phi) is 8.10. The molecule has 0 saturated carbocycles. The van der Waals surface area contributed by atoms with Gasteiger partial charge in [0.05, 0.1) is 9.79 Å². The Labute approximate surface area is 146 Å². The molecule has 2 aromatic carbocycles. The van der Waals surface area contributed by atoms with Crippen LogP contribution in [0.25, 0.3) is 0 Å². The van der Waals surface area contributed by atoms with Gasteiger partial charge in [0.1, 0.15) is 0 Å². The summed E-state index contributed by atoms with van der Waals surface area (Å²) in [6.07, 6.45) is 0. The summed E-state index contributed by atoms with van der Waals surface area (Å²) in [6, 6.07) is 12.0. The second-order valence-electron chi connectivity index (χ2n) is 4.58. The van der Waals surface area contributed by atoms with Crippen LogP contribution in [0.1, 0.15) is 11.1 Å². The van der Waals surface area contributed by atoms with Gasteiger partial charge < -0.3 is 0 Å². The Bertz CT molecular complexity index is 752. The molecule has 6 nitrogen and oxygen atoms in total. The minimum atomic E-state index is -4.02. The molecule has 0 unspecified atom stereocenters. The van der Waals surface area contributed by atoms with Crippen molar-refractivity contribution < 1.29 is 42.4 Å². The van der Waals surface area contributed by atoms with Crippen molar-refractivity contribution in [3.63, 3.8) is 0 Å². The molecule has 23 heavy (non-hydrogen) atoms. The molecule has 0 aliphatic carbocycles. The molecular weight excluding hydrogens is 387 g/mol. The van der Waals surface area contributed by atoms with Gasteiger partial charge in [-0.1, -0.05) is 35.4 Å². The van der Waals surface area contributed by atoms with E-state index in [-0.39, 0.29) is 26.3 Å². The molecule has 2 aromatic rings. The van der Waals surface area contributed by atoms with Crippen molar-refractivity contribution in [3.8, 4) is 0 Å². The predicted octanol–water partition coefficient (Wildman–Crippen LogP) is 2.48. The summed E-state index contributed by atoms with van der Waals surface area (Å²) in [5.74, 6) is 0. The summed E-state index contributed by atoms with van der Waals surface area (Å²) in [6.45, 7) is 3.68. The van der Waals surface area contributed by atoms with Crippen LogP contribution in [-0.2, 0) is 36.7 Å². The molecule has 0 saturated heterocycles. The largest absolute Gasteiger partial charge is 0.294 e. The van der Waals surface area contributed by atoms with Crippen molar-refractivity contribution in [2.24, 2.45) is 0 Å². The second-order valence-corrected chi connectivity index (χ2v) is 7.42. The van der Waals surface area contributed by atoms with Crippen LogP contribution in [0.3, 0.4) is 0 Å². The first-order chi connectivity index (χ1) is 10.00. The number of rotatable bonds is 2. The van der Waals surface area contributed by atoms with Crippen LogP contribution in [0.2, 0.25) is 0 Å². The van der Waals surface area contributed by atoms with E-state index in [1.165, 1.54) is 24.3 Å². The molecule has 0 amide bonds. The van der Waals surface area contributed by atoms with E-state index in [9.17, 15) is 16.8 Å². The van der Waals surface area contributed by atoms with E-state index in [1.807, 2.05) is 13.8 Å². The van der Waals surface area contributed by atoms with Gasteiger partial charge in [-0.15, -0.1) is 0 Å². The first-order valence-electron chi connectivity index (χ1n) is 6.08. The third kappa shape index (κ3) is 7.72. The molecule has 2 N–H and O–H groups in total. The van der Waals surface area contributed by atoms with Crippen molar-refractivity contribution in [2.45, 2.75) is 23.6 Å². The zero-order chi connectivity index (χ0) is 17.0. The minimum Gasteiger partial charge on any atom is -0.282 e. The predicted molar refractivity (Wildman–Crippen MR) is 82.0 cm³/mol. The van der Waals surface area contributed by atoms with E-state index in [2.05, 4.69) is 0 Å². The molecular formula is C14H16NiO6S2. The zero-order valence-electron chi connectivity index (χ0n) is 12.3. The second kappa shape index (κ2) is 8.56. The average molecular weight is 403 g/mol. The van der Waals surface area contributed by atoms with Crippen LogP contribution in [-0.4, -0.2) is 25.9 Å². The summed E-state index contributed by atoms with van der Waals surface area (Å²) in [5, 5.41) is 0. The van der Waals surface area contributed by atoms with E-state index < -0.39 is 20.2 Å².